The monoisotopic (exact) mass is 392 g/mol. The number of carbonyl (C=O) groups is 2. The fraction of sp³-hybridized carbons (Fsp3) is 0.182. The molecular weight excluding hydrogens is 376 g/mol. The van der Waals surface area contributed by atoms with E-state index in [0.29, 0.717) is 35.7 Å². The smallest absolute Gasteiger partial charge is 0.259 e. The van der Waals surface area contributed by atoms with Crippen molar-refractivity contribution in [3.05, 3.63) is 94.4 Å². The minimum absolute atomic E-state index is 0.0562. The molecule has 1 aromatic heterocycles. The summed E-state index contributed by atoms with van der Waals surface area (Å²) in [6.45, 7) is 0.922. The Kier molecular flexibility index (Phi) is 3.81. The van der Waals surface area contributed by atoms with E-state index in [-0.39, 0.29) is 11.8 Å². The molecule has 28 heavy (non-hydrogen) atoms. The first kappa shape index (κ1) is 17.1. The van der Waals surface area contributed by atoms with Gasteiger partial charge in [0.25, 0.3) is 11.8 Å². The second kappa shape index (κ2) is 6.24. The van der Waals surface area contributed by atoms with Gasteiger partial charge in [-0.2, -0.15) is 0 Å². The van der Waals surface area contributed by atoms with E-state index in [1.807, 2.05) is 41.3 Å². The van der Waals surface area contributed by atoms with E-state index in [1.165, 1.54) is 12.5 Å². The third-order valence-electron chi connectivity index (χ3n) is 5.69. The van der Waals surface area contributed by atoms with Gasteiger partial charge in [-0.3, -0.25) is 9.59 Å². The van der Waals surface area contributed by atoms with Gasteiger partial charge in [-0.25, -0.2) is 0 Å². The molecule has 1 fully saturated rings. The molecule has 6 heteroatoms. The van der Waals surface area contributed by atoms with Gasteiger partial charge < -0.3 is 14.2 Å². The number of hydrogen-bond donors (Lipinski definition) is 0. The maximum absolute atomic E-state index is 13.3. The lowest BCUT2D eigenvalue weighted by molar-refractivity contribution is 0.00770. The molecule has 140 valence electrons. The van der Waals surface area contributed by atoms with Gasteiger partial charge in [0, 0.05) is 30.1 Å². The highest BCUT2D eigenvalue weighted by Crippen LogP contribution is 2.45. The number of benzene rings is 2. The summed E-state index contributed by atoms with van der Waals surface area (Å²) in [5.41, 5.74) is 2.09. The first-order valence-electron chi connectivity index (χ1n) is 9.11. The normalized spacial score (nSPS) is 20.8. The second-order valence-corrected chi connectivity index (χ2v) is 7.52. The zero-order chi connectivity index (χ0) is 19.3. The van der Waals surface area contributed by atoms with Crippen LogP contribution in [0.3, 0.4) is 0 Å². The van der Waals surface area contributed by atoms with Crippen molar-refractivity contribution >= 4 is 23.4 Å². The highest BCUT2D eigenvalue weighted by molar-refractivity contribution is 6.30. The summed E-state index contributed by atoms with van der Waals surface area (Å²) in [5.74, 6) is -0.210. The molecule has 0 spiro atoms. The molecular formula is C22H17ClN2O3. The average Bonchev–Trinajstić information content (AvgIpc) is 3.37. The van der Waals surface area contributed by atoms with Crippen LogP contribution in [-0.4, -0.2) is 34.7 Å². The quantitative estimate of drug-likeness (QED) is 0.663. The topological polar surface area (TPSA) is 53.8 Å². The number of furan rings is 1. The van der Waals surface area contributed by atoms with E-state index in [1.54, 1.807) is 23.1 Å². The molecule has 2 aliphatic heterocycles. The first-order valence-corrected chi connectivity index (χ1v) is 9.49. The average molecular weight is 393 g/mol. The van der Waals surface area contributed by atoms with Crippen LogP contribution in [0.15, 0.2) is 71.5 Å². The molecule has 1 saturated heterocycles. The summed E-state index contributed by atoms with van der Waals surface area (Å²) in [4.78, 5) is 30.3. The maximum Gasteiger partial charge on any atom is 0.259 e. The van der Waals surface area contributed by atoms with Crippen molar-refractivity contribution in [2.75, 3.05) is 13.1 Å². The summed E-state index contributed by atoms with van der Waals surface area (Å²) in [7, 11) is 0. The Bertz CT molecular complexity index is 1060. The van der Waals surface area contributed by atoms with E-state index >= 15 is 0 Å². The largest absolute Gasteiger partial charge is 0.472 e. The Balaban J connectivity index is 1.71. The molecule has 0 radical (unpaired) electrons. The summed E-state index contributed by atoms with van der Waals surface area (Å²) in [6, 6.07) is 16.7. The fourth-order valence-corrected chi connectivity index (χ4v) is 4.54. The zero-order valence-corrected chi connectivity index (χ0v) is 15.7. The van der Waals surface area contributed by atoms with Gasteiger partial charge in [0.2, 0.25) is 0 Å². The summed E-state index contributed by atoms with van der Waals surface area (Å²) < 4.78 is 5.12. The van der Waals surface area contributed by atoms with E-state index < -0.39 is 5.66 Å². The molecule has 2 aromatic carbocycles. The van der Waals surface area contributed by atoms with Gasteiger partial charge >= 0.3 is 0 Å². The van der Waals surface area contributed by atoms with Gasteiger partial charge in [0.15, 0.2) is 0 Å². The third-order valence-corrected chi connectivity index (χ3v) is 5.94. The van der Waals surface area contributed by atoms with Crippen LogP contribution in [-0.2, 0) is 12.1 Å². The number of nitrogens with zero attached hydrogens (tertiary/aromatic N) is 2. The number of fused-ring (bicyclic) bond motifs is 2. The zero-order valence-electron chi connectivity index (χ0n) is 15.0. The van der Waals surface area contributed by atoms with Gasteiger partial charge in [-0.15, -0.1) is 0 Å². The number of hydrogen-bond acceptors (Lipinski definition) is 3. The molecule has 2 amide bonds. The van der Waals surface area contributed by atoms with Crippen molar-refractivity contribution in [2.24, 2.45) is 0 Å². The van der Waals surface area contributed by atoms with Gasteiger partial charge in [-0.05, 0) is 35.4 Å². The molecule has 0 N–H and O–H groups in total. The lowest BCUT2D eigenvalue weighted by Crippen LogP contribution is -2.58. The van der Waals surface area contributed by atoms with Gasteiger partial charge in [-0.1, -0.05) is 41.9 Å². The van der Waals surface area contributed by atoms with Crippen LogP contribution in [0, 0.1) is 0 Å². The van der Waals surface area contributed by atoms with Crippen LogP contribution in [0.1, 0.15) is 31.8 Å². The molecule has 0 aliphatic carbocycles. The van der Waals surface area contributed by atoms with Gasteiger partial charge in [0.1, 0.15) is 11.9 Å². The summed E-state index contributed by atoms with van der Waals surface area (Å²) in [6.07, 6.45) is 3.46. The van der Waals surface area contributed by atoms with Crippen molar-refractivity contribution in [1.29, 1.82) is 0 Å². The van der Waals surface area contributed by atoms with Crippen LogP contribution >= 0.6 is 11.6 Å². The molecule has 0 saturated carbocycles. The molecule has 5 nitrogen and oxygen atoms in total. The third kappa shape index (κ3) is 2.33. The van der Waals surface area contributed by atoms with E-state index in [4.69, 9.17) is 16.0 Å². The Morgan fingerprint density at radius 1 is 1.04 bits per heavy atom. The molecule has 0 bridgehead atoms. The van der Waals surface area contributed by atoms with E-state index in [2.05, 4.69) is 0 Å². The predicted molar refractivity (Wildman–Crippen MR) is 104 cm³/mol. The van der Waals surface area contributed by atoms with Crippen LogP contribution in [0.5, 0.6) is 0 Å². The maximum atomic E-state index is 13.3. The standard InChI is InChI=1S/C22H17ClN2O3/c23-18-7-5-17(6-8-18)22-13-15-3-1-2-4-19(15)21(27)25(22)11-10-24(22)20(26)16-9-12-28-14-16/h1-9,12,14H,10-11,13H2/t22-/m1/s1. The Labute approximate surface area is 167 Å². The van der Waals surface area contributed by atoms with Crippen molar-refractivity contribution in [2.45, 2.75) is 12.1 Å². The lowest BCUT2D eigenvalue weighted by atomic mass is 9.83. The van der Waals surface area contributed by atoms with E-state index in [9.17, 15) is 9.59 Å². The van der Waals surface area contributed by atoms with E-state index in [0.717, 1.165) is 11.1 Å². The number of amides is 2. The Morgan fingerprint density at radius 3 is 2.57 bits per heavy atom. The van der Waals surface area contributed by atoms with Crippen molar-refractivity contribution in [1.82, 2.24) is 9.80 Å². The molecule has 2 aliphatic rings. The van der Waals surface area contributed by atoms with Crippen LogP contribution in [0.25, 0.3) is 0 Å². The number of rotatable bonds is 2. The number of halogens is 1. The minimum atomic E-state index is -0.885. The molecule has 3 heterocycles. The molecule has 0 unspecified atom stereocenters. The fourth-order valence-electron chi connectivity index (χ4n) is 4.41. The summed E-state index contributed by atoms with van der Waals surface area (Å²) in [5, 5.41) is 0.611. The highest BCUT2D eigenvalue weighted by atomic mass is 35.5. The Hall–Kier alpha value is -3.05. The van der Waals surface area contributed by atoms with Crippen molar-refractivity contribution < 1.29 is 14.0 Å². The van der Waals surface area contributed by atoms with Crippen molar-refractivity contribution in [3.8, 4) is 0 Å². The van der Waals surface area contributed by atoms with Gasteiger partial charge in [0.05, 0.1) is 11.8 Å². The Morgan fingerprint density at radius 2 is 1.82 bits per heavy atom. The molecule has 5 rings (SSSR count). The lowest BCUT2D eigenvalue weighted by Gasteiger charge is -2.47. The van der Waals surface area contributed by atoms with Crippen LogP contribution < -0.4 is 0 Å². The molecule has 3 aromatic rings. The van der Waals surface area contributed by atoms with Crippen LogP contribution in [0.4, 0.5) is 0 Å². The summed E-state index contributed by atoms with van der Waals surface area (Å²) >= 11 is 6.11. The first-order chi connectivity index (χ1) is 13.6. The SMILES string of the molecule is O=C(c1ccoc1)N1CCN2C(=O)c3ccccc3C[C@@]12c1ccc(Cl)cc1. The van der Waals surface area contributed by atoms with Crippen LogP contribution in [0.2, 0.25) is 5.02 Å². The second-order valence-electron chi connectivity index (χ2n) is 7.08. The predicted octanol–water partition coefficient (Wildman–Crippen LogP) is 3.94. The highest BCUT2D eigenvalue weighted by Gasteiger charge is 2.55. The number of carbonyl (C=O) groups excluding carboxylic acids is 2. The molecule has 1 atom stereocenters. The minimum Gasteiger partial charge on any atom is -0.472 e. The van der Waals surface area contributed by atoms with Crippen molar-refractivity contribution in [3.63, 3.8) is 0 Å².